The van der Waals surface area contributed by atoms with Gasteiger partial charge in [0.25, 0.3) is 5.91 Å². The Balaban J connectivity index is 1.77. The van der Waals surface area contributed by atoms with Gasteiger partial charge in [0.15, 0.2) is 0 Å². The zero-order chi connectivity index (χ0) is 16.9. The molecule has 2 aromatic rings. The predicted molar refractivity (Wildman–Crippen MR) is 97.8 cm³/mol. The quantitative estimate of drug-likeness (QED) is 0.907. The van der Waals surface area contributed by atoms with E-state index in [1.807, 2.05) is 17.0 Å². The first-order valence-electron chi connectivity index (χ1n) is 8.72. The van der Waals surface area contributed by atoms with Crippen LogP contribution >= 0.6 is 0 Å². The molecule has 1 aliphatic rings. The number of hydrogen-bond donors (Lipinski definition) is 1. The number of pyridine rings is 1. The van der Waals surface area contributed by atoms with Crippen molar-refractivity contribution in [2.45, 2.75) is 39.5 Å². The maximum atomic E-state index is 12.7. The van der Waals surface area contributed by atoms with Crippen LogP contribution in [0.3, 0.4) is 0 Å². The molecule has 24 heavy (non-hydrogen) atoms. The van der Waals surface area contributed by atoms with Crippen molar-refractivity contribution in [1.82, 2.24) is 9.88 Å². The summed E-state index contributed by atoms with van der Waals surface area (Å²) in [6, 6.07) is 10.1. The summed E-state index contributed by atoms with van der Waals surface area (Å²) < 4.78 is 0. The SMILES string of the molecule is Cc1cc(C)cc(Nc2ccnc(C(=O)N3CCCCCC3)c2)c1. The molecular weight excluding hydrogens is 298 g/mol. The third-order valence-electron chi connectivity index (χ3n) is 4.38. The minimum atomic E-state index is 0.0426. The van der Waals surface area contributed by atoms with Gasteiger partial charge in [-0.1, -0.05) is 18.9 Å². The fourth-order valence-corrected chi connectivity index (χ4v) is 3.27. The first kappa shape index (κ1) is 16.5. The topological polar surface area (TPSA) is 45.2 Å². The van der Waals surface area contributed by atoms with Crippen LogP contribution in [0.1, 0.15) is 47.3 Å². The molecule has 0 saturated carbocycles. The number of benzene rings is 1. The van der Waals surface area contributed by atoms with E-state index in [2.05, 4.69) is 42.3 Å². The van der Waals surface area contributed by atoms with Crippen molar-refractivity contribution in [3.63, 3.8) is 0 Å². The van der Waals surface area contributed by atoms with Crippen molar-refractivity contribution >= 4 is 17.3 Å². The number of anilines is 2. The summed E-state index contributed by atoms with van der Waals surface area (Å²) >= 11 is 0. The lowest BCUT2D eigenvalue weighted by Crippen LogP contribution is -2.32. The van der Waals surface area contributed by atoms with Crippen LogP contribution in [-0.2, 0) is 0 Å². The number of rotatable bonds is 3. The summed E-state index contributed by atoms with van der Waals surface area (Å²) in [5, 5.41) is 3.39. The first-order chi connectivity index (χ1) is 11.6. The van der Waals surface area contributed by atoms with Crippen LogP contribution in [0.4, 0.5) is 11.4 Å². The summed E-state index contributed by atoms with van der Waals surface area (Å²) in [6.07, 6.45) is 6.31. The summed E-state index contributed by atoms with van der Waals surface area (Å²) in [4.78, 5) is 18.9. The van der Waals surface area contributed by atoms with Crippen molar-refractivity contribution in [2.75, 3.05) is 18.4 Å². The molecule has 1 amide bonds. The highest BCUT2D eigenvalue weighted by Crippen LogP contribution is 2.21. The van der Waals surface area contributed by atoms with Crippen LogP contribution in [0.15, 0.2) is 36.5 Å². The predicted octanol–water partition coefficient (Wildman–Crippen LogP) is 4.46. The smallest absolute Gasteiger partial charge is 0.272 e. The fraction of sp³-hybridized carbons (Fsp3) is 0.400. The molecule has 1 aliphatic heterocycles. The van der Waals surface area contributed by atoms with E-state index >= 15 is 0 Å². The van der Waals surface area contributed by atoms with Gasteiger partial charge in [-0.3, -0.25) is 9.78 Å². The molecule has 0 aliphatic carbocycles. The molecule has 1 N–H and O–H groups in total. The van der Waals surface area contributed by atoms with Gasteiger partial charge in [0.05, 0.1) is 0 Å². The third-order valence-corrected chi connectivity index (χ3v) is 4.38. The van der Waals surface area contributed by atoms with Gasteiger partial charge in [-0.25, -0.2) is 0 Å². The van der Waals surface area contributed by atoms with E-state index in [-0.39, 0.29) is 5.91 Å². The molecule has 126 valence electrons. The highest BCUT2D eigenvalue weighted by atomic mass is 16.2. The average Bonchev–Trinajstić information content (AvgIpc) is 2.82. The Hall–Kier alpha value is -2.36. The van der Waals surface area contributed by atoms with Gasteiger partial charge in [-0.05, 0) is 62.1 Å². The van der Waals surface area contributed by atoms with Crippen molar-refractivity contribution in [2.24, 2.45) is 0 Å². The number of aryl methyl sites for hydroxylation is 2. The first-order valence-corrected chi connectivity index (χ1v) is 8.72. The Morgan fingerprint density at radius 2 is 1.62 bits per heavy atom. The molecule has 1 fully saturated rings. The highest BCUT2D eigenvalue weighted by Gasteiger charge is 2.18. The number of amides is 1. The molecule has 3 rings (SSSR count). The Kier molecular flexibility index (Phi) is 5.14. The van der Waals surface area contributed by atoms with Crippen LogP contribution in [0.25, 0.3) is 0 Å². The molecule has 0 bridgehead atoms. The van der Waals surface area contributed by atoms with Crippen molar-refractivity contribution < 1.29 is 4.79 Å². The number of nitrogens with one attached hydrogen (secondary N) is 1. The monoisotopic (exact) mass is 323 g/mol. The molecule has 2 heterocycles. The van der Waals surface area contributed by atoms with E-state index in [9.17, 15) is 4.79 Å². The van der Waals surface area contributed by atoms with Gasteiger partial charge in [0, 0.05) is 30.7 Å². The molecule has 0 radical (unpaired) electrons. The number of hydrogen-bond acceptors (Lipinski definition) is 3. The average molecular weight is 323 g/mol. The van der Waals surface area contributed by atoms with Gasteiger partial charge in [-0.15, -0.1) is 0 Å². The second-order valence-corrected chi connectivity index (χ2v) is 6.64. The summed E-state index contributed by atoms with van der Waals surface area (Å²) in [7, 11) is 0. The number of nitrogens with zero attached hydrogens (tertiary/aromatic N) is 2. The van der Waals surface area contributed by atoms with Crippen LogP contribution < -0.4 is 5.32 Å². The van der Waals surface area contributed by atoms with E-state index < -0.39 is 0 Å². The summed E-state index contributed by atoms with van der Waals surface area (Å²) in [6.45, 7) is 5.85. The lowest BCUT2D eigenvalue weighted by Gasteiger charge is -2.20. The zero-order valence-corrected chi connectivity index (χ0v) is 14.5. The van der Waals surface area contributed by atoms with Gasteiger partial charge < -0.3 is 10.2 Å². The van der Waals surface area contributed by atoms with Gasteiger partial charge >= 0.3 is 0 Å². The van der Waals surface area contributed by atoms with Crippen LogP contribution in [0, 0.1) is 13.8 Å². The van der Waals surface area contributed by atoms with E-state index in [1.54, 1.807) is 6.20 Å². The molecule has 0 spiro atoms. The van der Waals surface area contributed by atoms with E-state index in [1.165, 1.54) is 24.0 Å². The van der Waals surface area contributed by atoms with Crippen molar-refractivity contribution in [1.29, 1.82) is 0 Å². The van der Waals surface area contributed by atoms with Crippen LogP contribution in [-0.4, -0.2) is 28.9 Å². The minimum absolute atomic E-state index is 0.0426. The molecule has 1 aromatic heterocycles. The number of carbonyl (C=O) groups excluding carboxylic acids is 1. The summed E-state index contributed by atoms with van der Waals surface area (Å²) in [5.74, 6) is 0.0426. The lowest BCUT2D eigenvalue weighted by atomic mass is 10.1. The molecule has 0 unspecified atom stereocenters. The van der Waals surface area contributed by atoms with Gasteiger partial charge in [0.2, 0.25) is 0 Å². The number of likely N-dealkylation sites (tertiary alicyclic amines) is 1. The highest BCUT2D eigenvalue weighted by molar-refractivity contribution is 5.93. The van der Waals surface area contributed by atoms with Crippen LogP contribution in [0.2, 0.25) is 0 Å². The molecule has 4 heteroatoms. The van der Waals surface area contributed by atoms with E-state index in [0.717, 1.165) is 37.3 Å². The van der Waals surface area contributed by atoms with E-state index in [0.29, 0.717) is 5.69 Å². The Morgan fingerprint density at radius 3 is 2.29 bits per heavy atom. The van der Waals surface area contributed by atoms with Crippen molar-refractivity contribution in [3.05, 3.63) is 53.3 Å². The standard InChI is InChI=1S/C20H25N3O/c1-15-11-16(2)13-18(12-15)22-17-7-8-21-19(14-17)20(24)23-9-5-3-4-6-10-23/h7-8,11-14H,3-6,9-10H2,1-2H3,(H,21,22). The third kappa shape index (κ3) is 4.13. The number of aromatic nitrogens is 1. The maximum absolute atomic E-state index is 12.7. The Bertz CT molecular complexity index is 698. The second kappa shape index (κ2) is 7.47. The largest absolute Gasteiger partial charge is 0.355 e. The number of carbonyl (C=O) groups is 1. The molecule has 1 saturated heterocycles. The van der Waals surface area contributed by atoms with Crippen LogP contribution in [0.5, 0.6) is 0 Å². The molecule has 1 aromatic carbocycles. The van der Waals surface area contributed by atoms with E-state index in [4.69, 9.17) is 0 Å². The molecule has 4 nitrogen and oxygen atoms in total. The van der Waals surface area contributed by atoms with Crippen molar-refractivity contribution in [3.8, 4) is 0 Å². The Labute approximate surface area is 143 Å². The Morgan fingerprint density at radius 1 is 0.958 bits per heavy atom. The minimum Gasteiger partial charge on any atom is -0.355 e. The molecule has 0 atom stereocenters. The summed E-state index contributed by atoms with van der Waals surface area (Å²) in [5.41, 5.74) is 4.88. The second-order valence-electron chi connectivity index (χ2n) is 6.64. The normalized spacial score (nSPS) is 15.0. The lowest BCUT2D eigenvalue weighted by molar-refractivity contribution is 0.0756. The fourth-order valence-electron chi connectivity index (χ4n) is 3.27. The molecular formula is C20H25N3O. The zero-order valence-electron chi connectivity index (χ0n) is 14.5. The maximum Gasteiger partial charge on any atom is 0.272 e. The van der Waals surface area contributed by atoms with Gasteiger partial charge in [0.1, 0.15) is 5.69 Å². The van der Waals surface area contributed by atoms with Gasteiger partial charge in [-0.2, -0.15) is 0 Å².